The zero-order valence-corrected chi connectivity index (χ0v) is 15.9. The molecule has 1 aliphatic heterocycles. The third-order valence-corrected chi connectivity index (χ3v) is 4.79. The summed E-state index contributed by atoms with van der Waals surface area (Å²) < 4.78 is 11.0. The standard InChI is InChI=1S/C21H28N2O3/c1-4-26-19-8-6-5-7-18(19)23-11-9-22(10-12-23)15-17-13-16(2)14-20(25-3)21(17)24/h5-8,13-14,24H,4,9-12,15H2,1-3H3. The zero-order valence-electron chi connectivity index (χ0n) is 15.9. The van der Waals surface area contributed by atoms with Crippen molar-refractivity contribution >= 4 is 5.69 Å². The predicted octanol–water partition coefficient (Wildman–Crippen LogP) is 3.43. The minimum Gasteiger partial charge on any atom is -0.504 e. The van der Waals surface area contributed by atoms with Gasteiger partial charge in [0.05, 0.1) is 19.4 Å². The van der Waals surface area contributed by atoms with Crippen LogP contribution in [-0.4, -0.2) is 49.9 Å². The number of methoxy groups -OCH3 is 1. The molecule has 0 atom stereocenters. The highest BCUT2D eigenvalue weighted by molar-refractivity contribution is 5.58. The molecule has 2 aromatic carbocycles. The van der Waals surface area contributed by atoms with Gasteiger partial charge in [-0.15, -0.1) is 0 Å². The third kappa shape index (κ3) is 4.05. The van der Waals surface area contributed by atoms with Crippen molar-refractivity contribution in [3.8, 4) is 17.2 Å². The van der Waals surface area contributed by atoms with Gasteiger partial charge in [0.25, 0.3) is 0 Å². The lowest BCUT2D eigenvalue weighted by Gasteiger charge is -2.36. The average Bonchev–Trinajstić information content (AvgIpc) is 2.66. The van der Waals surface area contributed by atoms with Crippen molar-refractivity contribution in [1.29, 1.82) is 0 Å². The summed E-state index contributed by atoms with van der Waals surface area (Å²) in [6.07, 6.45) is 0. The Bertz CT molecular complexity index is 740. The molecule has 0 saturated carbocycles. The van der Waals surface area contributed by atoms with Crippen LogP contribution in [0.3, 0.4) is 0 Å². The predicted molar refractivity (Wildman–Crippen MR) is 104 cm³/mol. The molecule has 140 valence electrons. The molecule has 26 heavy (non-hydrogen) atoms. The Morgan fingerprint density at radius 2 is 1.77 bits per heavy atom. The van der Waals surface area contributed by atoms with E-state index in [1.165, 1.54) is 0 Å². The maximum Gasteiger partial charge on any atom is 0.162 e. The van der Waals surface area contributed by atoms with Gasteiger partial charge < -0.3 is 19.5 Å². The number of phenols is 1. The summed E-state index contributed by atoms with van der Waals surface area (Å²) in [5.74, 6) is 1.75. The van der Waals surface area contributed by atoms with Crippen LogP contribution in [0.4, 0.5) is 5.69 Å². The summed E-state index contributed by atoms with van der Waals surface area (Å²) in [5.41, 5.74) is 3.18. The number of aromatic hydroxyl groups is 1. The Morgan fingerprint density at radius 1 is 1.04 bits per heavy atom. The van der Waals surface area contributed by atoms with Crippen molar-refractivity contribution in [2.24, 2.45) is 0 Å². The normalized spacial score (nSPS) is 15.1. The second kappa shape index (κ2) is 8.32. The number of rotatable bonds is 6. The summed E-state index contributed by atoms with van der Waals surface area (Å²) in [7, 11) is 1.59. The monoisotopic (exact) mass is 356 g/mol. The van der Waals surface area contributed by atoms with E-state index in [-0.39, 0.29) is 5.75 Å². The first-order valence-corrected chi connectivity index (χ1v) is 9.18. The number of phenolic OH excluding ortho intramolecular Hbond substituents is 1. The van der Waals surface area contributed by atoms with Gasteiger partial charge in [-0.25, -0.2) is 0 Å². The smallest absolute Gasteiger partial charge is 0.162 e. The number of benzene rings is 2. The lowest BCUT2D eigenvalue weighted by atomic mass is 10.1. The molecule has 5 nitrogen and oxygen atoms in total. The molecule has 1 saturated heterocycles. The minimum atomic E-state index is 0.252. The van der Waals surface area contributed by atoms with E-state index in [1.54, 1.807) is 7.11 Å². The van der Waals surface area contributed by atoms with Crippen molar-refractivity contribution in [3.63, 3.8) is 0 Å². The minimum absolute atomic E-state index is 0.252. The first-order valence-electron chi connectivity index (χ1n) is 9.18. The molecule has 1 heterocycles. The van der Waals surface area contributed by atoms with Gasteiger partial charge in [0, 0.05) is 38.3 Å². The maximum atomic E-state index is 10.4. The van der Waals surface area contributed by atoms with Gasteiger partial charge in [-0.05, 0) is 37.6 Å². The fourth-order valence-corrected chi connectivity index (χ4v) is 3.48. The Kier molecular flexibility index (Phi) is 5.89. The second-order valence-corrected chi connectivity index (χ2v) is 6.64. The molecule has 5 heteroatoms. The van der Waals surface area contributed by atoms with E-state index in [4.69, 9.17) is 9.47 Å². The van der Waals surface area contributed by atoms with Crippen molar-refractivity contribution in [3.05, 3.63) is 47.5 Å². The Labute approximate surface area is 155 Å². The summed E-state index contributed by atoms with van der Waals surface area (Å²) in [6, 6.07) is 12.1. The molecule has 0 bridgehead atoms. The molecule has 2 aromatic rings. The van der Waals surface area contributed by atoms with Crippen LogP contribution < -0.4 is 14.4 Å². The molecular formula is C21H28N2O3. The zero-order chi connectivity index (χ0) is 18.5. The Morgan fingerprint density at radius 3 is 2.46 bits per heavy atom. The average molecular weight is 356 g/mol. The largest absolute Gasteiger partial charge is 0.504 e. The molecule has 3 rings (SSSR count). The van der Waals surface area contributed by atoms with Gasteiger partial charge in [-0.1, -0.05) is 18.2 Å². The molecule has 1 aliphatic rings. The highest BCUT2D eigenvalue weighted by Gasteiger charge is 2.21. The van der Waals surface area contributed by atoms with Crippen molar-refractivity contribution in [2.75, 3.05) is 44.8 Å². The third-order valence-electron chi connectivity index (χ3n) is 4.79. The lowest BCUT2D eigenvalue weighted by Crippen LogP contribution is -2.46. The fourth-order valence-electron chi connectivity index (χ4n) is 3.48. The number of aryl methyl sites for hydroxylation is 1. The summed E-state index contributed by atoms with van der Waals surface area (Å²) in [6.45, 7) is 9.19. The van der Waals surface area contributed by atoms with Crippen LogP contribution in [-0.2, 0) is 6.54 Å². The van der Waals surface area contributed by atoms with Gasteiger partial charge >= 0.3 is 0 Å². The number of piperazine rings is 1. The van der Waals surface area contributed by atoms with E-state index in [2.05, 4.69) is 21.9 Å². The maximum absolute atomic E-state index is 10.4. The van der Waals surface area contributed by atoms with E-state index < -0.39 is 0 Å². The molecule has 0 spiro atoms. The molecule has 0 radical (unpaired) electrons. The van der Waals surface area contributed by atoms with Gasteiger partial charge in [0.2, 0.25) is 0 Å². The van der Waals surface area contributed by atoms with Crippen LogP contribution in [0, 0.1) is 6.92 Å². The lowest BCUT2D eigenvalue weighted by molar-refractivity contribution is 0.244. The van der Waals surface area contributed by atoms with Crippen LogP contribution in [0.1, 0.15) is 18.1 Å². The number of ether oxygens (including phenoxy) is 2. The second-order valence-electron chi connectivity index (χ2n) is 6.64. The topological polar surface area (TPSA) is 45.2 Å². The number of nitrogens with zero attached hydrogens (tertiary/aromatic N) is 2. The first kappa shape index (κ1) is 18.4. The fraction of sp³-hybridized carbons (Fsp3) is 0.429. The molecule has 1 N–H and O–H groups in total. The van der Waals surface area contributed by atoms with E-state index in [1.807, 2.05) is 38.1 Å². The molecular weight excluding hydrogens is 328 g/mol. The van der Waals surface area contributed by atoms with Crippen LogP contribution >= 0.6 is 0 Å². The molecule has 0 amide bonds. The van der Waals surface area contributed by atoms with E-state index >= 15 is 0 Å². The summed E-state index contributed by atoms with van der Waals surface area (Å²) in [5, 5.41) is 10.4. The highest BCUT2D eigenvalue weighted by Crippen LogP contribution is 2.33. The van der Waals surface area contributed by atoms with Gasteiger partial charge in [-0.3, -0.25) is 4.90 Å². The Hall–Kier alpha value is -2.40. The van der Waals surface area contributed by atoms with E-state index in [0.29, 0.717) is 12.4 Å². The first-order chi connectivity index (χ1) is 12.6. The number of anilines is 1. The van der Waals surface area contributed by atoms with Crippen LogP contribution in [0.5, 0.6) is 17.2 Å². The van der Waals surface area contributed by atoms with Gasteiger partial charge in [0.15, 0.2) is 11.5 Å². The van der Waals surface area contributed by atoms with Crippen LogP contribution in [0.2, 0.25) is 0 Å². The van der Waals surface area contributed by atoms with Crippen molar-refractivity contribution < 1.29 is 14.6 Å². The van der Waals surface area contributed by atoms with Crippen molar-refractivity contribution in [1.82, 2.24) is 4.90 Å². The molecule has 1 fully saturated rings. The number of hydrogen-bond acceptors (Lipinski definition) is 5. The van der Waals surface area contributed by atoms with Crippen molar-refractivity contribution in [2.45, 2.75) is 20.4 Å². The van der Waals surface area contributed by atoms with Crippen LogP contribution in [0.15, 0.2) is 36.4 Å². The van der Waals surface area contributed by atoms with Gasteiger partial charge in [0.1, 0.15) is 5.75 Å². The SMILES string of the molecule is CCOc1ccccc1N1CCN(Cc2cc(C)cc(OC)c2O)CC1. The summed E-state index contributed by atoms with van der Waals surface area (Å²) in [4.78, 5) is 4.74. The van der Waals surface area contributed by atoms with Crippen LogP contribution in [0.25, 0.3) is 0 Å². The van der Waals surface area contributed by atoms with E-state index in [9.17, 15) is 5.11 Å². The summed E-state index contributed by atoms with van der Waals surface area (Å²) >= 11 is 0. The molecule has 0 aromatic heterocycles. The number of hydrogen-bond donors (Lipinski definition) is 1. The number of para-hydroxylation sites is 2. The highest BCUT2D eigenvalue weighted by atomic mass is 16.5. The van der Waals surface area contributed by atoms with E-state index in [0.717, 1.165) is 55.3 Å². The molecule has 0 aliphatic carbocycles. The quantitative estimate of drug-likeness (QED) is 0.859. The molecule has 0 unspecified atom stereocenters. The Balaban J connectivity index is 1.66. The van der Waals surface area contributed by atoms with Gasteiger partial charge in [-0.2, -0.15) is 0 Å².